The average Bonchev–Trinajstić information content (AvgIpc) is 2.28. The highest BCUT2D eigenvalue weighted by molar-refractivity contribution is 6.53. The minimum Gasteiger partial charge on any atom is -0.425 e. The van der Waals surface area contributed by atoms with Crippen molar-refractivity contribution in [2.24, 2.45) is 0 Å². The van der Waals surface area contributed by atoms with Gasteiger partial charge in [0.25, 0.3) is 0 Å². The first-order valence-corrected chi connectivity index (χ1v) is 5.53. The maximum Gasteiger partial charge on any atom is 0.344 e. The number of halogens is 2. The Bertz CT molecular complexity index is 523. The third kappa shape index (κ3) is 2.46. The van der Waals surface area contributed by atoms with Gasteiger partial charge in [-0.2, -0.15) is 0 Å². The van der Waals surface area contributed by atoms with Gasteiger partial charge < -0.3 is 4.74 Å². The van der Waals surface area contributed by atoms with Gasteiger partial charge in [-0.15, -0.1) is 0 Å². The van der Waals surface area contributed by atoms with E-state index in [2.05, 4.69) is 0 Å². The van der Waals surface area contributed by atoms with Crippen LogP contribution in [0.15, 0.2) is 42.5 Å². The van der Waals surface area contributed by atoms with Gasteiger partial charge in [0, 0.05) is 0 Å². The Morgan fingerprint density at radius 3 is 2.44 bits per heavy atom. The van der Waals surface area contributed by atoms with E-state index in [0.717, 1.165) is 10.8 Å². The van der Waals surface area contributed by atoms with Crippen LogP contribution in [0.2, 0.25) is 0 Å². The van der Waals surface area contributed by atoms with Crippen molar-refractivity contribution in [3.63, 3.8) is 0 Å². The highest BCUT2D eigenvalue weighted by atomic mass is 35.5. The average molecular weight is 255 g/mol. The van der Waals surface area contributed by atoms with Crippen LogP contribution in [0.5, 0.6) is 5.75 Å². The van der Waals surface area contributed by atoms with Crippen molar-refractivity contribution >= 4 is 39.9 Å². The summed E-state index contributed by atoms with van der Waals surface area (Å²) < 4.78 is 4.98. The highest BCUT2D eigenvalue weighted by Gasteiger charge is 2.13. The van der Waals surface area contributed by atoms with Crippen LogP contribution in [0.3, 0.4) is 0 Å². The third-order valence-corrected chi connectivity index (χ3v) is 2.47. The summed E-state index contributed by atoms with van der Waals surface area (Å²) in [5.74, 6) is -0.228. The Labute approximate surface area is 103 Å². The molecule has 0 saturated carbocycles. The van der Waals surface area contributed by atoms with Gasteiger partial charge >= 0.3 is 5.97 Å². The minimum atomic E-state index is -1.16. The molecule has 2 nitrogen and oxygen atoms in total. The molecule has 2 aromatic carbocycles. The SMILES string of the molecule is O=C(Oc1ccc2ccccc2c1)C(Cl)Cl. The van der Waals surface area contributed by atoms with Gasteiger partial charge in [0.15, 0.2) is 0 Å². The van der Waals surface area contributed by atoms with Crippen LogP contribution in [-0.4, -0.2) is 10.8 Å². The molecule has 4 heteroatoms. The molecular weight excluding hydrogens is 247 g/mol. The first-order chi connectivity index (χ1) is 7.66. The van der Waals surface area contributed by atoms with Gasteiger partial charge in [-0.25, -0.2) is 4.79 Å². The second-order valence-electron chi connectivity index (χ2n) is 3.23. The fourth-order valence-corrected chi connectivity index (χ4v) is 1.48. The number of fused-ring (bicyclic) bond motifs is 1. The maximum absolute atomic E-state index is 11.2. The van der Waals surface area contributed by atoms with Crippen LogP contribution >= 0.6 is 23.2 Å². The quantitative estimate of drug-likeness (QED) is 0.466. The molecule has 0 fully saturated rings. The Kier molecular flexibility index (Phi) is 3.32. The standard InChI is InChI=1S/C12H8Cl2O2/c13-11(14)12(15)16-10-6-5-8-3-1-2-4-9(8)7-10/h1-7,11H. The van der Waals surface area contributed by atoms with Gasteiger partial charge in [-0.1, -0.05) is 53.5 Å². The van der Waals surface area contributed by atoms with Crippen molar-refractivity contribution in [3.05, 3.63) is 42.5 Å². The molecule has 0 saturated heterocycles. The van der Waals surface area contributed by atoms with Gasteiger partial charge in [-0.05, 0) is 22.9 Å². The van der Waals surface area contributed by atoms with Crippen molar-refractivity contribution in [1.29, 1.82) is 0 Å². The molecule has 0 aliphatic rings. The molecule has 0 bridgehead atoms. The lowest BCUT2D eigenvalue weighted by Crippen LogP contribution is -2.15. The first kappa shape index (κ1) is 11.2. The van der Waals surface area contributed by atoms with Crippen molar-refractivity contribution in [2.45, 2.75) is 4.84 Å². The lowest BCUT2D eigenvalue weighted by molar-refractivity contribution is -0.132. The van der Waals surface area contributed by atoms with Crippen LogP contribution in [0.25, 0.3) is 10.8 Å². The van der Waals surface area contributed by atoms with E-state index in [1.807, 2.05) is 30.3 Å². The van der Waals surface area contributed by atoms with Crippen molar-refractivity contribution in [3.8, 4) is 5.75 Å². The number of hydrogen-bond donors (Lipinski definition) is 0. The van der Waals surface area contributed by atoms with Crippen molar-refractivity contribution < 1.29 is 9.53 Å². The second-order valence-corrected chi connectivity index (χ2v) is 4.33. The normalized spacial score (nSPS) is 10.7. The molecule has 2 aromatic rings. The Morgan fingerprint density at radius 1 is 1.06 bits per heavy atom. The monoisotopic (exact) mass is 254 g/mol. The number of ether oxygens (including phenoxy) is 1. The predicted molar refractivity (Wildman–Crippen MR) is 65.1 cm³/mol. The smallest absolute Gasteiger partial charge is 0.344 e. The second kappa shape index (κ2) is 4.73. The van der Waals surface area contributed by atoms with Crippen LogP contribution in [-0.2, 0) is 4.79 Å². The Morgan fingerprint density at radius 2 is 1.75 bits per heavy atom. The zero-order valence-electron chi connectivity index (χ0n) is 8.19. The third-order valence-electron chi connectivity index (χ3n) is 2.12. The van der Waals surface area contributed by atoms with Gasteiger partial charge in [0.05, 0.1) is 0 Å². The minimum absolute atomic E-state index is 0.440. The molecule has 0 spiro atoms. The zero-order valence-corrected chi connectivity index (χ0v) is 9.70. The van der Waals surface area contributed by atoms with Crippen LogP contribution in [0.4, 0.5) is 0 Å². The first-order valence-electron chi connectivity index (χ1n) is 4.65. The molecule has 0 unspecified atom stereocenters. The molecule has 0 aliphatic heterocycles. The van der Waals surface area contributed by atoms with E-state index < -0.39 is 10.8 Å². The van der Waals surface area contributed by atoms with E-state index in [1.54, 1.807) is 12.1 Å². The predicted octanol–water partition coefficient (Wildman–Crippen LogP) is 3.55. The molecule has 0 amide bonds. The molecule has 0 aliphatic carbocycles. The van der Waals surface area contributed by atoms with Crippen molar-refractivity contribution in [1.82, 2.24) is 0 Å². The van der Waals surface area contributed by atoms with Crippen LogP contribution in [0.1, 0.15) is 0 Å². The number of carbonyl (C=O) groups is 1. The lowest BCUT2D eigenvalue weighted by Gasteiger charge is -2.05. The fourth-order valence-electron chi connectivity index (χ4n) is 1.39. The molecule has 0 N–H and O–H groups in total. The molecule has 2 rings (SSSR count). The molecular formula is C12H8Cl2O2. The Hall–Kier alpha value is -1.25. The zero-order chi connectivity index (χ0) is 11.5. The van der Waals surface area contributed by atoms with E-state index in [9.17, 15) is 4.79 Å². The molecule has 16 heavy (non-hydrogen) atoms. The molecule has 0 aromatic heterocycles. The molecule has 82 valence electrons. The number of carbonyl (C=O) groups excluding carboxylic acids is 1. The van der Waals surface area contributed by atoms with E-state index in [0.29, 0.717) is 5.75 Å². The maximum atomic E-state index is 11.2. The summed E-state index contributed by atoms with van der Waals surface area (Å²) in [7, 11) is 0. The van der Waals surface area contributed by atoms with Gasteiger partial charge in [0.1, 0.15) is 5.75 Å². The van der Waals surface area contributed by atoms with Crippen LogP contribution < -0.4 is 4.74 Å². The van der Waals surface area contributed by atoms with E-state index in [4.69, 9.17) is 27.9 Å². The number of benzene rings is 2. The summed E-state index contributed by atoms with van der Waals surface area (Å²) in [5.41, 5.74) is 0. The Balaban J connectivity index is 2.29. The summed E-state index contributed by atoms with van der Waals surface area (Å²) >= 11 is 10.8. The number of rotatable bonds is 2. The number of alkyl halides is 2. The topological polar surface area (TPSA) is 26.3 Å². The summed E-state index contributed by atoms with van der Waals surface area (Å²) in [4.78, 5) is 10.0. The molecule has 0 atom stereocenters. The van der Waals surface area contributed by atoms with Gasteiger partial charge in [0.2, 0.25) is 4.84 Å². The summed E-state index contributed by atoms with van der Waals surface area (Å²) in [5, 5.41) is 2.07. The fraction of sp³-hybridized carbons (Fsp3) is 0.0833. The summed E-state index contributed by atoms with van der Waals surface area (Å²) in [6, 6.07) is 13.1. The van der Waals surface area contributed by atoms with Crippen LogP contribution in [0, 0.1) is 0 Å². The number of esters is 1. The van der Waals surface area contributed by atoms with E-state index in [1.165, 1.54) is 0 Å². The molecule has 0 radical (unpaired) electrons. The number of hydrogen-bond acceptors (Lipinski definition) is 2. The molecule has 0 heterocycles. The van der Waals surface area contributed by atoms with Gasteiger partial charge in [-0.3, -0.25) is 0 Å². The lowest BCUT2D eigenvalue weighted by atomic mass is 10.1. The van der Waals surface area contributed by atoms with E-state index >= 15 is 0 Å². The van der Waals surface area contributed by atoms with Crippen molar-refractivity contribution in [2.75, 3.05) is 0 Å². The van der Waals surface area contributed by atoms with E-state index in [-0.39, 0.29) is 0 Å². The summed E-state index contributed by atoms with van der Waals surface area (Å²) in [6.45, 7) is 0. The summed E-state index contributed by atoms with van der Waals surface area (Å²) in [6.07, 6.45) is 0. The highest BCUT2D eigenvalue weighted by Crippen LogP contribution is 2.21. The largest absolute Gasteiger partial charge is 0.425 e.